The Balaban J connectivity index is 1.26. The zero-order valence-electron chi connectivity index (χ0n) is 20.6. The van der Waals surface area contributed by atoms with E-state index >= 15 is 0 Å². The van der Waals surface area contributed by atoms with Crippen molar-refractivity contribution in [3.63, 3.8) is 0 Å². The number of aryl methyl sites for hydroxylation is 2. The minimum atomic E-state index is -4.56. The molecule has 2 aliphatic heterocycles. The molecule has 4 amide bonds. The average Bonchev–Trinajstić information content (AvgIpc) is 3.60. The van der Waals surface area contributed by atoms with Gasteiger partial charge in [-0.2, -0.15) is 18.2 Å². The molecule has 0 spiro atoms. The summed E-state index contributed by atoms with van der Waals surface area (Å²) in [6.45, 7) is 2.41. The largest absolute Gasteiger partial charge is 0.433 e. The normalized spacial score (nSPS) is 19.2. The lowest BCUT2D eigenvalue weighted by atomic mass is 10.1. The summed E-state index contributed by atoms with van der Waals surface area (Å²) in [6.07, 6.45) is -2.97. The number of alkyl halides is 3. The maximum atomic E-state index is 13.2. The number of urea groups is 1. The fourth-order valence-electron chi connectivity index (χ4n) is 4.25. The third-order valence-corrected chi connectivity index (χ3v) is 6.91. The first-order valence-corrected chi connectivity index (χ1v) is 12.3. The van der Waals surface area contributed by atoms with Gasteiger partial charge in [-0.3, -0.25) is 19.5 Å². The molecule has 0 saturated carbocycles. The van der Waals surface area contributed by atoms with Gasteiger partial charge in [0.25, 0.3) is 5.91 Å². The number of aliphatic imine (C=N–C) groups is 1. The maximum Gasteiger partial charge on any atom is 0.433 e. The van der Waals surface area contributed by atoms with Crippen LogP contribution in [0.5, 0.6) is 0 Å². The van der Waals surface area contributed by atoms with Crippen LogP contribution in [0.1, 0.15) is 23.0 Å². The highest BCUT2D eigenvalue weighted by atomic mass is 32.1. The Hall–Kier alpha value is -4.41. The Bertz CT molecular complexity index is 1490. The van der Waals surface area contributed by atoms with E-state index in [9.17, 15) is 27.6 Å². The Labute approximate surface area is 222 Å². The summed E-state index contributed by atoms with van der Waals surface area (Å²) in [6, 6.07) is -0.205. The number of hydrogen-bond donors (Lipinski definition) is 1. The standard InChI is InChI=1S/C22H20F3N9O4S/c1-10-4-12(5-26-17(10)22(23,24)25)19-30-14(8-39-19)29-15(35)7-33-9-27-18-16(33)20(36)34(21(37)32(18)3)6-13-28-11(2)38-31-13/h4-5,8-9,16,18H,6-7H2,1-3H3,(H,29,35). The molecule has 0 aromatic carbocycles. The van der Waals surface area contributed by atoms with E-state index in [1.165, 1.54) is 41.6 Å². The van der Waals surface area contributed by atoms with Gasteiger partial charge in [-0.25, -0.2) is 14.8 Å². The first-order valence-electron chi connectivity index (χ1n) is 11.4. The van der Waals surface area contributed by atoms with Gasteiger partial charge in [0.15, 0.2) is 18.0 Å². The summed E-state index contributed by atoms with van der Waals surface area (Å²) >= 11 is 1.12. The quantitative estimate of drug-likeness (QED) is 0.477. The number of anilines is 1. The van der Waals surface area contributed by atoms with Crippen LogP contribution in [0.15, 0.2) is 27.2 Å². The molecule has 17 heteroatoms. The summed E-state index contributed by atoms with van der Waals surface area (Å²) in [5.74, 6) is -0.473. The highest BCUT2D eigenvalue weighted by Gasteiger charge is 2.50. The van der Waals surface area contributed by atoms with Crippen LogP contribution >= 0.6 is 11.3 Å². The minimum absolute atomic E-state index is 0.0484. The molecule has 0 aliphatic carbocycles. The highest BCUT2D eigenvalue weighted by molar-refractivity contribution is 7.13. The Morgan fingerprint density at radius 1 is 1.23 bits per heavy atom. The van der Waals surface area contributed by atoms with Crippen LogP contribution in [-0.4, -0.2) is 84.8 Å². The van der Waals surface area contributed by atoms with Crippen LogP contribution in [0, 0.1) is 13.8 Å². The molecule has 5 heterocycles. The number of amides is 4. The fourth-order valence-corrected chi connectivity index (χ4v) is 4.98. The van der Waals surface area contributed by atoms with Crippen molar-refractivity contribution in [2.45, 2.75) is 38.8 Å². The molecule has 204 valence electrons. The number of carbonyl (C=O) groups excluding carboxylic acids is 3. The first kappa shape index (κ1) is 26.2. The van der Waals surface area contributed by atoms with E-state index in [4.69, 9.17) is 4.52 Å². The summed E-state index contributed by atoms with van der Waals surface area (Å²) in [4.78, 5) is 58.5. The Morgan fingerprint density at radius 3 is 2.67 bits per heavy atom. The van der Waals surface area contributed by atoms with Gasteiger partial charge < -0.3 is 19.6 Å². The average molecular weight is 564 g/mol. The van der Waals surface area contributed by atoms with Gasteiger partial charge in [0, 0.05) is 31.1 Å². The fraction of sp³-hybridized carbons (Fsp3) is 0.364. The summed E-state index contributed by atoms with van der Waals surface area (Å²) in [5, 5.41) is 8.24. The first-order chi connectivity index (χ1) is 18.4. The predicted octanol–water partition coefficient (Wildman–Crippen LogP) is 2.30. The van der Waals surface area contributed by atoms with Crippen LogP contribution in [0.3, 0.4) is 0 Å². The number of hydrogen-bond acceptors (Lipinski definition) is 11. The summed E-state index contributed by atoms with van der Waals surface area (Å²) in [5.41, 5.74) is -0.650. The predicted molar refractivity (Wildman–Crippen MR) is 129 cm³/mol. The number of nitrogens with zero attached hydrogens (tertiary/aromatic N) is 8. The number of pyridine rings is 1. The second-order valence-electron chi connectivity index (χ2n) is 8.82. The molecular formula is C22H20F3N9O4S. The Kier molecular flexibility index (Phi) is 6.53. The number of rotatable bonds is 6. The van der Waals surface area contributed by atoms with E-state index in [1.54, 1.807) is 6.92 Å². The molecule has 3 aromatic heterocycles. The number of fused-ring (bicyclic) bond motifs is 1. The number of thiazole rings is 1. The van der Waals surface area contributed by atoms with Gasteiger partial charge in [0.05, 0.1) is 19.4 Å². The molecule has 5 rings (SSSR count). The van der Waals surface area contributed by atoms with Crippen LogP contribution < -0.4 is 5.32 Å². The van der Waals surface area contributed by atoms with Crippen molar-refractivity contribution in [3.8, 4) is 10.6 Å². The molecular weight excluding hydrogens is 543 g/mol. The lowest BCUT2D eigenvalue weighted by Crippen LogP contribution is -2.64. The smallest absolute Gasteiger partial charge is 0.340 e. The summed E-state index contributed by atoms with van der Waals surface area (Å²) in [7, 11) is 1.50. The number of carbonyl (C=O) groups is 3. The SMILES string of the molecule is Cc1nc(CN2C(=O)C3C(N=CN3CC(=O)Nc3csc(-c4cnc(C(F)(F)F)c(C)c4)n3)N(C)C2=O)no1. The Morgan fingerprint density at radius 2 is 2.00 bits per heavy atom. The molecule has 1 fully saturated rings. The van der Waals surface area contributed by atoms with Gasteiger partial charge in [0.1, 0.15) is 16.5 Å². The monoisotopic (exact) mass is 563 g/mol. The zero-order valence-corrected chi connectivity index (χ0v) is 21.4. The third kappa shape index (κ3) is 5.04. The molecule has 13 nitrogen and oxygen atoms in total. The molecule has 1 N–H and O–H groups in total. The second kappa shape index (κ2) is 9.72. The van der Waals surface area contributed by atoms with Crippen molar-refractivity contribution >= 4 is 41.3 Å². The van der Waals surface area contributed by atoms with Gasteiger partial charge >= 0.3 is 12.2 Å². The van der Waals surface area contributed by atoms with E-state index in [0.29, 0.717) is 10.6 Å². The lowest BCUT2D eigenvalue weighted by Gasteiger charge is -2.40. The molecule has 2 aliphatic rings. The van der Waals surface area contributed by atoms with E-state index < -0.39 is 41.9 Å². The van der Waals surface area contributed by atoms with E-state index in [0.717, 1.165) is 22.4 Å². The number of nitrogens with one attached hydrogen (secondary N) is 1. The topological polar surface area (TPSA) is 150 Å². The van der Waals surface area contributed by atoms with Crippen molar-refractivity contribution in [2.75, 3.05) is 18.9 Å². The number of imide groups is 1. The lowest BCUT2D eigenvalue weighted by molar-refractivity contribution is -0.141. The van der Waals surface area contributed by atoms with E-state index in [-0.39, 0.29) is 36.2 Å². The van der Waals surface area contributed by atoms with Gasteiger partial charge in [-0.05, 0) is 18.6 Å². The third-order valence-electron chi connectivity index (χ3n) is 6.02. The molecule has 1 saturated heterocycles. The minimum Gasteiger partial charge on any atom is -0.340 e. The van der Waals surface area contributed by atoms with Crippen molar-refractivity contribution in [1.82, 2.24) is 34.8 Å². The number of aromatic nitrogens is 4. The van der Waals surface area contributed by atoms with Gasteiger partial charge in [0.2, 0.25) is 11.8 Å². The highest BCUT2D eigenvalue weighted by Crippen LogP contribution is 2.33. The van der Waals surface area contributed by atoms with Crippen molar-refractivity contribution < 1.29 is 32.1 Å². The molecule has 3 aromatic rings. The molecule has 2 atom stereocenters. The maximum absolute atomic E-state index is 13.2. The van der Waals surface area contributed by atoms with Crippen LogP contribution in [0.4, 0.5) is 23.8 Å². The summed E-state index contributed by atoms with van der Waals surface area (Å²) < 4.78 is 43.9. The van der Waals surface area contributed by atoms with E-state index in [1.807, 2.05) is 0 Å². The van der Waals surface area contributed by atoms with Crippen molar-refractivity contribution in [2.24, 2.45) is 4.99 Å². The molecule has 0 bridgehead atoms. The zero-order chi connectivity index (χ0) is 28.1. The van der Waals surface area contributed by atoms with Crippen LogP contribution in [0.25, 0.3) is 10.6 Å². The molecule has 39 heavy (non-hydrogen) atoms. The van der Waals surface area contributed by atoms with Crippen molar-refractivity contribution in [1.29, 1.82) is 0 Å². The van der Waals surface area contributed by atoms with Crippen LogP contribution in [0.2, 0.25) is 0 Å². The van der Waals surface area contributed by atoms with Crippen LogP contribution in [-0.2, 0) is 22.3 Å². The van der Waals surface area contributed by atoms with Gasteiger partial charge in [-0.1, -0.05) is 5.16 Å². The molecule has 2 unspecified atom stereocenters. The van der Waals surface area contributed by atoms with Gasteiger partial charge in [-0.15, -0.1) is 11.3 Å². The van der Waals surface area contributed by atoms with E-state index in [2.05, 4.69) is 30.4 Å². The number of halogens is 3. The second-order valence-corrected chi connectivity index (χ2v) is 9.67. The molecule has 0 radical (unpaired) electrons. The van der Waals surface area contributed by atoms with Crippen molar-refractivity contribution in [3.05, 3.63) is 40.6 Å². The number of likely N-dealkylation sites (N-methyl/N-ethyl adjacent to an activating group) is 1.